The molecule has 0 aliphatic carbocycles. The van der Waals surface area contributed by atoms with Crippen molar-refractivity contribution in [3.05, 3.63) is 90.9 Å². The zero-order valence-electron chi connectivity index (χ0n) is 16.4. The lowest BCUT2D eigenvalue weighted by Crippen LogP contribution is -2.06. The summed E-state index contributed by atoms with van der Waals surface area (Å²) in [4.78, 5) is 21.3. The fourth-order valence-corrected chi connectivity index (χ4v) is 3.27. The van der Waals surface area contributed by atoms with E-state index in [0.717, 1.165) is 16.7 Å². The Morgan fingerprint density at radius 3 is 2.47 bits per heavy atom. The first-order valence-electron chi connectivity index (χ1n) is 9.47. The largest absolute Gasteiger partial charge is 0.324 e. The molecule has 0 saturated carbocycles. The minimum Gasteiger partial charge on any atom is -0.324 e. The molecule has 1 aromatic carbocycles. The molecule has 156 valence electrons. The first kappa shape index (κ1) is 19.7. The van der Waals surface area contributed by atoms with Gasteiger partial charge in [-0.15, -0.1) is 0 Å². The third-order valence-corrected chi connectivity index (χ3v) is 4.92. The summed E-state index contributed by atoms with van der Waals surface area (Å²) in [6, 6.07) is 8.10. The lowest BCUT2D eigenvalue weighted by Gasteiger charge is -2.11. The number of halogens is 2. The maximum absolute atomic E-state index is 13.5. The predicted octanol–water partition coefficient (Wildman–Crippen LogP) is 4.72. The highest BCUT2D eigenvalue weighted by Gasteiger charge is 2.14. The van der Waals surface area contributed by atoms with Crippen LogP contribution in [0.4, 0.5) is 16.0 Å². The van der Waals surface area contributed by atoms with Gasteiger partial charge in [0.1, 0.15) is 12.1 Å². The van der Waals surface area contributed by atoms with Crippen molar-refractivity contribution in [2.75, 3.05) is 5.32 Å². The van der Waals surface area contributed by atoms with Crippen LogP contribution in [0.25, 0.3) is 28.1 Å². The number of hydrogen-bond donors (Lipinski definition) is 1. The number of nitrogens with one attached hydrogen (secondary N) is 1. The summed E-state index contributed by atoms with van der Waals surface area (Å²) in [5.74, 6) is 0.313. The van der Waals surface area contributed by atoms with Crippen LogP contribution in [-0.4, -0.2) is 34.7 Å². The smallest absolute Gasteiger partial charge is 0.229 e. The first-order valence-corrected chi connectivity index (χ1v) is 9.85. The van der Waals surface area contributed by atoms with Gasteiger partial charge < -0.3 is 5.32 Å². The second-order valence-corrected chi connectivity index (χ2v) is 7.13. The third kappa shape index (κ3) is 4.01. The molecule has 0 amide bonds. The lowest BCUT2D eigenvalue weighted by atomic mass is 10.1. The van der Waals surface area contributed by atoms with Crippen LogP contribution < -0.4 is 5.32 Å². The highest BCUT2D eigenvalue weighted by molar-refractivity contribution is 6.31. The van der Waals surface area contributed by atoms with Gasteiger partial charge in [0.15, 0.2) is 5.82 Å². The quantitative estimate of drug-likeness (QED) is 0.419. The standard InChI is InChI=1S/C22H14ClFN8/c23-19-7-17(1-2-20(19)24)30-22-28-11-18(15-8-26-13-27-9-15)21(31-22)32-12-16(10-29-32)14-3-5-25-6-4-14/h1-13H,(H,28,30,31). The molecule has 10 heteroatoms. The molecule has 4 heterocycles. The van der Waals surface area contributed by atoms with E-state index < -0.39 is 5.82 Å². The Bertz CT molecular complexity index is 1380. The summed E-state index contributed by atoms with van der Waals surface area (Å²) in [5.41, 5.74) is 3.86. The van der Waals surface area contributed by atoms with Gasteiger partial charge in [0, 0.05) is 59.6 Å². The van der Waals surface area contributed by atoms with Gasteiger partial charge in [0.25, 0.3) is 0 Å². The number of benzene rings is 1. The maximum Gasteiger partial charge on any atom is 0.229 e. The molecular weight excluding hydrogens is 431 g/mol. The summed E-state index contributed by atoms with van der Waals surface area (Å²) in [6.45, 7) is 0. The molecule has 0 saturated heterocycles. The van der Waals surface area contributed by atoms with E-state index in [0.29, 0.717) is 23.0 Å². The molecule has 1 N–H and O–H groups in total. The molecule has 5 aromatic rings. The average molecular weight is 445 g/mol. The first-order chi connectivity index (χ1) is 15.7. The van der Waals surface area contributed by atoms with E-state index in [9.17, 15) is 4.39 Å². The summed E-state index contributed by atoms with van der Waals surface area (Å²) < 4.78 is 15.1. The highest BCUT2D eigenvalue weighted by atomic mass is 35.5. The molecule has 8 nitrogen and oxygen atoms in total. The molecule has 0 radical (unpaired) electrons. The number of aromatic nitrogens is 7. The molecular formula is C22H14ClFN8. The summed E-state index contributed by atoms with van der Waals surface area (Å²) >= 11 is 5.89. The van der Waals surface area contributed by atoms with Crippen LogP contribution in [0.1, 0.15) is 0 Å². The average Bonchev–Trinajstić information content (AvgIpc) is 3.33. The molecule has 0 unspecified atom stereocenters. The molecule has 0 atom stereocenters. The molecule has 32 heavy (non-hydrogen) atoms. The van der Waals surface area contributed by atoms with Crippen molar-refractivity contribution in [2.24, 2.45) is 0 Å². The van der Waals surface area contributed by atoms with Gasteiger partial charge in [-0.25, -0.2) is 24.0 Å². The molecule has 0 fully saturated rings. The van der Waals surface area contributed by atoms with Crippen LogP contribution >= 0.6 is 11.6 Å². The van der Waals surface area contributed by atoms with Crippen molar-refractivity contribution in [3.8, 4) is 28.1 Å². The molecule has 0 bridgehead atoms. The van der Waals surface area contributed by atoms with Crippen LogP contribution in [-0.2, 0) is 0 Å². The van der Waals surface area contributed by atoms with Crippen molar-refractivity contribution in [3.63, 3.8) is 0 Å². The van der Waals surface area contributed by atoms with E-state index >= 15 is 0 Å². The van der Waals surface area contributed by atoms with Crippen LogP contribution in [0.3, 0.4) is 0 Å². The van der Waals surface area contributed by atoms with E-state index in [-0.39, 0.29) is 5.02 Å². The molecule has 0 spiro atoms. The van der Waals surface area contributed by atoms with E-state index in [1.54, 1.807) is 47.9 Å². The fraction of sp³-hybridized carbons (Fsp3) is 0. The van der Waals surface area contributed by atoms with Crippen molar-refractivity contribution in [1.82, 2.24) is 34.7 Å². The van der Waals surface area contributed by atoms with E-state index in [2.05, 4.69) is 35.3 Å². The van der Waals surface area contributed by atoms with Gasteiger partial charge in [-0.2, -0.15) is 10.1 Å². The Morgan fingerprint density at radius 2 is 1.69 bits per heavy atom. The topological polar surface area (TPSA) is 94.3 Å². The van der Waals surface area contributed by atoms with Crippen LogP contribution in [0.15, 0.2) is 80.0 Å². The minimum absolute atomic E-state index is 0.00217. The second kappa shape index (κ2) is 8.48. The van der Waals surface area contributed by atoms with Gasteiger partial charge in [0.05, 0.1) is 11.2 Å². The van der Waals surface area contributed by atoms with Gasteiger partial charge in [-0.3, -0.25) is 4.98 Å². The number of rotatable bonds is 5. The van der Waals surface area contributed by atoms with Crippen molar-refractivity contribution in [2.45, 2.75) is 0 Å². The third-order valence-electron chi connectivity index (χ3n) is 4.63. The summed E-state index contributed by atoms with van der Waals surface area (Å²) in [5, 5.41) is 7.54. The molecule has 5 rings (SSSR count). The van der Waals surface area contributed by atoms with Crippen LogP contribution in [0, 0.1) is 5.82 Å². The molecule has 4 aromatic heterocycles. The normalized spacial score (nSPS) is 10.8. The van der Waals surface area contributed by atoms with Gasteiger partial charge in [0.2, 0.25) is 5.95 Å². The van der Waals surface area contributed by atoms with E-state index in [1.807, 2.05) is 18.3 Å². The van der Waals surface area contributed by atoms with E-state index in [4.69, 9.17) is 11.6 Å². The number of pyridine rings is 1. The molecule has 0 aliphatic rings. The number of anilines is 2. The SMILES string of the molecule is Fc1ccc(Nc2ncc(-c3cncnc3)c(-n3cc(-c4ccncc4)cn3)n2)cc1Cl. The minimum atomic E-state index is -0.501. The van der Waals surface area contributed by atoms with Crippen LogP contribution in [0.5, 0.6) is 0 Å². The summed E-state index contributed by atoms with van der Waals surface area (Å²) in [7, 11) is 0. The molecule has 0 aliphatic heterocycles. The Hall–Kier alpha value is -4.24. The van der Waals surface area contributed by atoms with Crippen molar-refractivity contribution >= 4 is 23.2 Å². The Morgan fingerprint density at radius 1 is 0.875 bits per heavy atom. The Balaban J connectivity index is 1.57. The number of hydrogen-bond acceptors (Lipinski definition) is 7. The zero-order valence-corrected chi connectivity index (χ0v) is 17.1. The Labute approximate surface area is 186 Å². The zero-order chi connectivity index (χ0) is 21.9. The van der Waals surface area contributed by atoms with Gasteiger partial charge >= 0.3 is 0 Å². The second-order valence-electron chi connectivity index (χ2n) is 6.72. The van der Waals surface area contributed by atoms with Crippen molar-refractivity contribution in [1.29, 1.82) is 0 Å². The Kier molecular flexibility index (Phi) is 5.22. The predicted molar refractivity (Wildman–Crippen MR) is 118 cm³/mol. The highest BCUT2D eigenvalue weighted by Crippen LogP contribution is 2.28. The maximum atomic E-state index is 13.5. The summed E-state index contributed by atoms with van der Waals surface area (Å²) in [6.07, 6.45) is 13.5. The number of nitrogens with zero attached hydrogens (tertiary/aromatic N) is 7. The van der Waals surface area contributed by atoms with E-state index in [1.165, 1.54) is 18.5 Å². The van der Waals surface area contributed by atoms with Gasteiger partial charge in [-0.05, 0) is 35.9 Å². The monoisotopic (exact) mass is 444 g/mol. The van der Waals surface area contributed by atoms with Crippen LogP contribution in [0.2, 0.25) is 5.02 Å². The fourth-order valence-electron chi connectivity index (χ4n) is 3.08. The lowest BCUT2D eigenvalue weighted by molar-refractivity contribution is 0.628. The van der Waals surface area contributed by atoms with Gasteiger partial charge in [-0.1, -0.05) is 11.6 Å². The van der Waals surface area contributed by atoms with Crippen molar-refractivity contribution < 1.29 is 4.39 Å².